The minimum absolute atomic E-state index is 0.192. The van der Waals surface area contributed by atoms with E-state index < -0.39 is 16.7 Å². The van der Waals surface area contributed by atoms with Crippen LogP contribution in [0.2, 0.25) is 0 Å². The number of hydrogen-bond donors (Lipinski definition) is 1. The fraction of sp³-hybridized carbons (Fsp3) is 0.214. The van der Waals surface area contributed by atoms with E-state index in [0.717, 1.165) is 34.9 Å². The number of imide groups is 1. The molecule has 2 amide bonds. The summed E-state index contributed by atoms with van der Waals surface area (Å²) in [5, 5.41) is 14.8. The molecule has 9 nitrogen and oxygen atoms in total. The second-order valence-electron chi connectivity index (χ2n) is 9.13. The van der Waals surface area contributed by atoms with Crippen LogP contribution in [0.4, 0.5) is 22.7 Å². The van der Waals surface area contributed by atoms with Crippen molar-refractivity contribution in [3.05, 3.63) is 94.0 Å². The minimum Gasteiger partial charge on any atom is -0.373 e. The van der Waals surface area contributed by atoms with Crippen LogP contribution in [0.1, 0.15) is 18.1 Å². The number of carbonyl (C=O) groups excluding carboxylic acids is 2. The van der Waals surface area contributed by atoms with E-state index in [4.69, 9.17) is 0 Å². The number of fused-ring (bicyclic) bond motifs is 1. The molecule has 0 saturated heterocycles. The summed E-state index contributed by atoms with van der Waals surface area (Å²) in [6.07, 6.45) is 0. The van der Waals surface area contributed by atoms with Gasteiger partial charge in [-0.1, -0.05) is 30.3 Å². The van der Waals surface area contributed by atoms with Crippen LogP contribution >= 0.6 is 0 Å². The van der Waals surface area contributed by atoms with Crippen molar-refractivity contribution in [3.8, 4) is 0 Å². The molecule has 0 fully saturated rings. The SMILES string of the molecule is CC(=O)N1C(=O)/C(=C(\Nc2ccc(N(C)CCN(C)C)cc2)c2ccccc2)c2ccc([N+](=O)[O-])cc21. The number of nitro benzene ring substituents is 1. The van der Waals surface area contributed by atoms with Crippen molar-refractivity contribution >= 4 is 45.8 Å². The molecule has 9 heteroatoms. The van der Waals surface area contributed by atoms with Gasteiger partial charge in [-0.25, -0.2) is 4.90 Å². The van der Waals surface area contributed by atoms with Gasteiger partial charge in [0.25, 0.3) is 11.6 Å². The average molecular weight is 500 g/mol. The Morgan fingerprint density at radius 1 is 0.973 bits per heavy atom. The molecule has 1 aliphatic rings. The lowest BCUT2D eigenvalue weighted by molar-refractivity contribution is -0.384. The molecule has 0 unspecified atom stereocenters. The molecule has 0 aliphatic carbocycles. The summed E-state index contributed by atoms with van der Waals surface area (Å²) in [5.74, 6) is -1.05. The van der Waals surface area contributed by atoms with Gasteiger partial charge in [0.1, 0.15) is 0 Å². The normalized spacial score (nSPS) is 14.0. The quantitative estimate of drug-likeness (QED) is 0.277. The molecule has 0 spiro atoms. The van der Waals surface area contributed by atoms with Gasteiger partial charge in [0.15, 0.2) is 0 Å². The van der Waals surface area contributed by atoms with Gasteiger partial charge in [-0.3, -0.25) is 19.7 Å². The molecular formula is C28H29N5O4. The Balaban J connectivity index is 1.79. The first-order valence-electron chi connectivity index (χ1n) is 11.8. The third kappa shape index (κ3) is 5.36. The highest BCUT2D eigenvalue weighted by molar-refractivity contribution is 6.43. The molecule has 4 rings (SSSR count). The number of nitro groups is 1. The first-order chi connectivity index (χ1) is 17.7. The topological polar surface area (TPSA) is 99.0 Å². The Kier molecular flexibility index (Phi) is 7.35. The van der Waals surface area contributed by atoms with Crippen LogP contribution in [0, 0.1) is 10.1 Å². The number of likely N-dealkylation sites (N-methyl/N-ethyl adjacent to an activating group) is 2. The van der Waals surface area contributed by atoms with Gasteiger partial charge in [-0.2, -0.15) is 0 Å². The second-order valence-corrected chi connectivity index (χ2v) is 9.13. The molecule has 0 saturated carbocycles. The van der Waals surface area contributed by atoms with Gasteiger partial charge < -0.3 is 15.1 Å². The Bertz CT molecular complexity index is 1370. The van der Waals surface area contributed by atoms with Crippen molar-refractivity contribution in [2.45, 2.75) is 6.92 Å². The highest BCUT2D eigenvalue weighted by atomic mass is 16.6. The Morgan fingerprint density at radius 2 is 1.65 bits per heavy atom. The van der Waals surface area contributed by atoms with Crippen LogP contribution in [0.15, 0.2) is 72.8 Å². The third-order valence-corrected chi connectivity index (χ3v) is 6.21. The number of nitrogens with one attached hydrogen (secondary N) is 1. The smallest absolute Gasteiger partial charge is 0.271 e. The number of amides is 2. The van der Waals surface area contributed by atoms with E-state index in [1.54, 1.807) is 0 Å². The molecule has 37 heavy (non-hydrogen) atoms. The minimum atomic E-state index is -0.543. The van der Waals surface area contributed by atoms with Gasteiger partial charge in [-0.05, 0) is 50.0 Å². The molecule has 0 radical (unpaired) electrons. The van der Waals surface area contributed by atoms with E-state index in [-0.39, 0.29) is 16.9 Å². The largest absolute Gasteiger partial charge is 0.373 e. The number of carbonyl (C=O) groups is 2. The highest BCUT2D eigenvalue weighted by Crippen LogP contribution is 2.43. The molecule has 0 atom stereocenters. The fourth-order valence-corrected chi connectivity index (χ4v) is 4.23. The Hall–Kier alpha value is -4.50. The lowest BCUT2D eigenvalue weighted by atomic mass is 9.99. The van der Waals surface area contributed by atoms with Crippen LogP contribution in [0.3, 0.4) is 0 Å². The zero-order chi connectivity index (χ0) is 26.7. The average Bonchev–Trinajstić information content (AvgIpc) is 3.17. The molecular weight excluding hydrogens is 470 g/mol. The van der Waals surface area contributed by atoms with Gasteiger partial charge >= 0.3 is 0 Å². The van der Waals surface area contributed by atoms with Gasteiger partial charge in [0.2, 0.25) is 5.91 Å². The number of nitrogens with zero attached hydrogens (tertiary/aromatic N) is 4. The highest BCUT2D eigenvalue weighted by Gasteiger charge is 2.38. The molecule has 1 aliphatic heterocycles. The standard InChI is InChI=1S/C28H29N5O4/c1-19(34)32-25-18-23(33(36)37)14-15-24(25)26(28(32)35)27(20-8-6-5-7-9-20)29-21-10-12-22(13-11-21)31(4)17-16-30(2)3/h5-15,18,29H,16-17H2,1-4H3/b27-26-. The predicted octanol–water partition coefficient (Wildman–Crippen LogP) is 4.47. The van der Waals surface area contributed by atoms with E-state index in [1.807, 2.05) is 75.7 Å². The number of hydrogen-bond acceptors (Lipinski definition) is 7. The lowest BCUT2D eigenvalue weighted by Gasteiger charge is -2.22. The van der Waals surface area contributed by atoms with E-state index in [2.05, 4.69) is 15.1 Å². The molecule has 3 aromatic carbocycles. The van der Waals surface area contributed by atoms with Crippen molar-refractivity contribution in [2.24, 2.45) is 0 Å². The zero-order valence-corrected chi connectivity index (χ0v) is 21.3. The molecule has 190 valence electrons. The monoisotopic (exact) mass is 499 g/mol. The summed E-state index contributed by atoms with van der Waals surface area (Å²) in [5.41, 5.74) is 3.81. The summed E-state index contributed by atoms with van der Waals surface area (Å²) in [4.78, 5) is 42.1. The summed E-state index contributed by atoms with van der Waals surface area (Å²) in [6.45, 7) is 3.06. The first-order valence-corrected chi connectivity index (χ1v) is 11.8. The van der Waals surface area contributed by atoms with Crippen LogP contribution in [-0.4, -0.2) is 55.9 Å². The van der Waals surface area contributed by atoms with E-state index >= 15 is 0 Å². The summed E-state index contributed by atoms with van der Waals surface area (Å²) in [6, 6.07) is 21.3. The van der Waals surface area contributed by atoms with Crippen molar-refractivity contribution in [2.75, 3.05) is 49.3 Å². The molecule has 0 bridgehead atoms. The Morgan fingerprint density at radius 3 is 2.24 bits per heavy atom. The van der Waals surface area contributed by atoms with Crippen LogP contribution in [-0.2, 0) is 9.59 Å². The van der Waals surface area contributed by atoms with Gasteiger partial charge in [0.05, 0.1) is 21.9 Å². The molecule has 1 heterocycles. The second kappa shape index (κ2) is 10.6. The van der Waals surface area contributed by atoms with Crippen molar-refractivity contribution in [3.63, 3.8) is 0 Å². The number of benzene rings is 3. The van der Waals surface area contributed by atoms with Crippen LogP contribution in [0.5, 0.6) is 0 Å². The predicted molar refractivity (Wildman–Crippen MR) is 146 cm³/mol. The third-order valence-electron chi connectivity index (χ3n) is 6.21. The number of non-ortho nitro benzene ring substituents is 1. The molecule has 3 aromatic rings. The molecule has 1 N–H and O–H groups in total. The summed E-state index contributed by atoms with van der Waals surface area (Å²) < 4.78 is 0. The van der Waals surface area contributed by atoms with Gasteiger partial charge in [0, 0.05) is 56.1 Å². The van der Waals surface area contributed by atoms with Crippen molar-refractivity contribution in [1.29, 1.82) is 0 Å². The maximum atomic E-state index is 13.6. The van der Waals surface area contributed by atoms with Crippen molar-refractivity contribution < 1.29 is 14.5 Å². The van der Waals surface area contributed by atoms with E-state index in [0.29, 0.717) is 11.3 Å². The zero-order valence-electron chi connectivity index (χ0n) is 21.3. The summed E-state index contributed by atoms with van der Waals surface area (Å²) in [7, 11) is 6.10. The van der Waals surface area contributed by atoms with E-state index in [9.17, 15) is 19.7 Å². The number of rotatable bonds is 8. The first kappa shape index (κ1) is 25.6. The van der Waals surface area contributed by atoms with Gasteiger partial charge in [-0.15, -0.1) is 0 Å². The maximum absolute atomic E-state index is 13.6. The maximum Gasteiger partial charge on any atom is 0.271 e. The summed E-state index contributed by atoms with van der Waals surface area (Å²) >= 11 is 0. The number of anilines is 3. The lowest BCUT2D eigenvalue weighted by Crippen LogP contribution is -2.31. The van der Waals surface area contributed by atoms with E-state index in [1.165, 1.54) is 25.1 Å². The fourth-order valence-electron chi connectivity index (χ4n) is 4.23. The van der Waals surface area contributed by atoms with Crippen LogP contribution < -0.4 is 15.1 Å². The van der Waals surface area contributed by atoms with Crippen LogP contribution in [0.25, 0.3) is 11.3 Å². The van der Waals surface area contributed by atoms with Crippen molar-refractivity contribution in [1.82, 2.24) is 4.90 Å². The molecule has 0 aromatic heterocycles. The Labute approximate surface area is 215 Å².